The number of nitrogens with one attached hydrogen (secondary N) is 1. The summed E-state index contributed by atoms with van der Waals surface area (Å²) in [7, 11) is -4.26. The van der Waals surface area contributed by atoms with Gasteiger partial charge in [0.05, 0.1) is 17.2 Å². The van der Waals surface area contributed by atoms with Gasteiger partial charge in [0.2, 0.25) is 11.8 Å². The van der Waals surface area contributed by atoms with Crippen LogP contribution in [-0.4, -0.2) is 50.4 Å². The topological polar surface area (TPSA) is 96.0 Å². The third-order valence-corrected chi connectivity index (χ3v) is 9.27. The fourth-order valence-corrected chi connectivity index (χ4v) is 6.70. The molecule has 1 N–H and O–H groups in total. The average molecular weight is 662 g/mol. The molecule has 0 fully saturated rings. The Hall–Kier alpha value is -4.34. The Morgan fingerprint density at radius 3 is 2.17 bits per heavy atom. The number of amides is 2. The van der Waals surface area contributed by atoms with E-state index in [-0.39, 0.29) is 35.5 Å². The van der Waals surface area contributed by atoms with Crippen LogP contribution in [0.4, 0.5) is 5.69 Å². The molecule has 4 aromatic carbocycles. The lowest BCUT2D eigenvalue weighted by Gasteiger charge is -2.34. The van der Waals surface area contributed by atoms with Gasteiger partial charge in [0.1, 0.15) is 18.3 Å². The number of hydrogen-bond donors (Lipinski definition) is 1. The molecule has 0 bridgehead atoms. The van der Waals surface area contributed by atoms with E-state index in [1.54, 1.807) is 61.5 Å². The Labute approximate surface area is 277 Å². The van der Waals surface area contributed by atoms with E-state index in [0.717, 1.165) is 15.4 Å². The van der Waals surface area contributed by atoms with Crippen molar-refractivity contribution in [1.29, 1.82) is 0 Å². The molecular formula is C36H40ClN3O5S. The number of benzene rings is 4. The van der Waals surface area contributed by atoms with E-state index in [4.69, 9.17) is 16.3 Å². The van der Waals surface area contributed by atoms with Gasteiger partial charge in [0.25, 0.3) is 10.0 Å². The van der Waals surface area contributed by atoms with E-state index in [0.29, 0.717) is 22.9 Å². The average Bonchev–Trinajstić information content (AvgIpc) is 3.02. The molecule has 0 heterocycles. The first-order valence-electron chi connectivity index (χ1n) is 15.2. The number of carbonyl (C=O) groups is 2. The molecule has 0 aromatic heterocycles. The molecule has 4 aromatic rings. The number of para-hydroxylation sites is 2. The molecule has 2 amide bonds. The SMILES string of the molecule is CCOc1ccccc1N(CC(=O)N(Cc1cccc(Cl)c1)[C@@H](Cc1ccccc1)C(=O)NC(C)C)S(=O)(=O)c1ccc(C)cc1. The van der Waals surface area contributed by atoms with E-state index in [1.165, 1.54) is 17.0 Å². The predicted octanol–water partition coefficient (Wildman–Crippen LogP) is 6.41. The molecule has 0 unspecified atom stereocenters. The molecule has 4 rings (SSSR count). The van der Waals surface area contributed by atoms with Crippen LogP contribution in [0.5, 0.6) is 5.75 Å². The zero-order chi connectivity index (χ0) is 33.3. The number of anilines is 1. The van der Waals surface area contributed by atoms with Crippen LogP contribution in [-0.2, 0) is 32.6 Å². The maximum atomic E-state index is 14.6. The number of sulfonamides is 1. The Kier molecular flexibility index (Phi) is 11.8. The standard InChI is InChI=1S/C36H40ClN3O5S/c1-5-45-34-17-10-9-16-32(34)40(46(43,44)31-20-18-27(4)19-21-31)25-35(41)39(24-29-14-11-15-30(37)22-29)33(36(42)38-26(2)3)23-28-12-7-6-8-13-28/h6-22,26,33H,5,23-25H2,1-4H3,(H,38,42)/t33-/m0/s1. The highest BCUT2D eigenvalue weighted by molar-refractivity contribution is 7.92. The predicted molar refractivity (Wildman–Crippen MR) is 183 cm³/mol. The largest absolute Gasteiger partial charge is 0.492 e. The highest BCUT2D eigenvalue weighted by Gasteiger charge is 2.35. The van der Waals surface area contributed by atoms with Crippen molar-refractivity contribution < 1.29 is 22.7 Å². The molecule has 0 spiro atoms. The van der Waals surface area contributed by atoms with E-state index in [1.807, 2.05) is 57.2 Å². The Morgan fingerprint density at radius 1 is 0.870 bits per heavy atom. The highest BCUT2D eigenvalue weighted by atomic mass is 35.5. The molecule has 0 aliphatic rings. The minimum absolute atomic E-state index is 0.0218. The molecule has 242 valence electrons. The molecule has 0 radical (unpaired) electrons. The fraction of sp³-hybridized carbons (Fsp3) is 0.278. The highest BCUT2D eigenvalue weighted by Crippen LogP contribution is 2.33. The molecular weight excluding hydrogens is 622 g/mol. The number of nitrogens with zero attached hydrogens (tertiary/aromatic N) is 2. The lowest BCUT2D eigenvalue weighted by Crippen LogP contribution is -2.54. The fourth-order valence-electron chi connectivity index (χ4n) is 5.06. The van der Waals surface area contributed by atoms with Crippen LogP contribution in [0.3, 0.4) is 0 Å². The first-order valence-corrected chi connectivity index (χ1v) is 17.0. The van der Waals surface area contributed by atoms with Gasteiger partial charge in [-0.3, -0.25) is 13.9 Å². The van der Waals surface area contributed by atoms with Gasteiger partial charge < -0.3 is 15.0 Å². The van der Waals surface area contributed by atoms with Gasteiger partial charge in [-0.1, -0.05) is 83.9 Å². The van der Waals surface area contributed by atoms with Crippen molar-refractivity contribution >= 4 is 39.1 Å². The lowest BCUT2D eigenvalue weighted by atomic mass is 10.0. The van der Waals surface area contributed by atoms with Crippen molar-refractivity contribution in [2.75, 3.05) is 17.5 Å². The lowest BCUT2D eigenvalue weighted by molar-refractivity contribution is -0.140. The third kappa shape index (κ3) is 8.89. The molecule has 10 heteroatoms. The van der Waals surface area contributed by atoms with E-state index >= 15 is 0 Å². The van der Waals surface area contributed by atoms with Gasteiger partial charge in [-0.25, -0.2) is 8.42 Å². The maximum absolute atomic E-state index is 14.6. The third-order valence-electron chi connectivity index (χ3n) is 7.27. The van der Waals surface area contributed by atoms with Crippen LogP contribution in [0.2, 0.25) is 5.02 Å². The van der Waals surface area contributed by atoms with Gasteiger partial charge in [-0.05, 0) is 75.2 Å². The van der Waals surface area contributed by atoms with Crippen LogP contribution < -0.4 is 14.4 Å². The summed E-state index contributed by atoms with van der Waals surface area (Å²) in [5.41, 5.74) is 2.65. The summed E-state index contributed by atoms with van der Waals surface area (Å²) in [6.45, 7) is 7.09. The van der Waals surface area contributed by atoms with Crippen LogP contribution in [0, 0.1) is 6.92 Å². The van der Waals surface area contributed by atoms with E-state index < -0.39 is 28.5 Å². The number of rotatable bonds is 14. The van der Waals surface area contributed by atoms with Crippen molar-refractivity contribution in [3.05, 3.63) is 125 Å². The zero-order valence-corrected chi connectivity index (χ0v) is 28.1. The van der Waals surface area contributed by atoms with Gasteiger partial charge >= 0.3 is 0 Å². The Bertz CT molecular complexity index is 1730. The quantitative estimate of drug-likeness (QED) is 0.169. The van der Waals surface area contributed by atoms with E-state index in [9.17, 15) is 18.0 Å². The van der Waals surface area contributed by atoms with Gasteiger partial charge in [-0.2, -0.15) is 0 Å². The number of hydrogen-bond acceptors (Lipinski definition) is 5. The van der Waals surface area contributed by atoms with Crippen molar-refractivity contribution in [2.24, 2.45) is 0 Å². The summed E-state index contributed by atoms with van der Waals surface area (Å²) in [5, 5.41) is 3.43. The molecule has 1 atom stereocenters. The second-order valence-corrected chi connectivity index (χ2v) is 13.5. The zero-order valence-electron chi connectivity index (χ0n) is 26.5. The minimum Gasteiger partial charge on any atom is -0.492 e. The van der Waals surface area contributed by atoms with Gasteiger partial charge in [-0.15, -0.1) is 0 Å². The number of aryl methyl sites for hydroxylation is 1. The summed E-state index contributed by atoms with van der Waals surface area (Å²) in [6, 6.07) is 28.5. The normalized spacial score (nSPS) is 12.0. The van der Waals surface area contributed by atoms with Crippen LogP contribution >= 0.6 is 11.6 Å². The second-order valence-electron chi connectivity index (χ2n) is 11.2. The monoisotopic (exact) mass is 661 g/mol. The maximum Gasteiger partial charge on any atom is 0.264 e. The first-order chi connectivity index (χ1) is 22.0. The first kappa shape index (κ1) is 34.5. The Morgan fingerprint density at radius 2 is 1.52 bits per heavy atom. The molecule has 0 aliphatic carbocycles. The molecule has 8 nitrogen and oxygen atoms in total. The molecule has 0 aliphatic heterocycles. The summed E-state index contributed by atoms with van der Waals surface area (Å²) in [4.78, 5) is 29.9. The van der Waals surface area contributed by atoms with Crippen molar-refractivity contribution in [2.45, 2.75) is 57.6 Å². The second kappa shape index (κ2) is 15.8. The molecule has 0 saturated heterocycles. The van der Waals surface area contributed by atoms with Crippen molar-refractivity contribution in [1.82, 2.24) is 10.2 Å². The minimum atomic E-state index is -4.26. The summed E-state index contributed by atoms with van der Waals surface area (Å²) in [5.74, 6) is -0.605. The van der Waals surface area contributed by atoms with E-state index in [2.05, 4.69) is 5.32 Å². The number of carbonyl (C=O) groups excluding carboxylic acids is 2. The van der Waals surface area contributed by atoms with Gasteiger partial charge in [0, 0.05) is 24.0 Å². The van der Waals surface area contributed by atoms with Crippen LogP contribution in [0.15, 0.2) is 108 Å². The van der Waals surface area contributed by atoms with Crippen LogP contribution in [0.1, 0.15) is 37.5 Å². The summed E-state index contributed by atoms with van der Waals surface area (Å²) < 4.78 is 35.5. The van der Waals surface area contributed by atoms with Crippen molar-refractivity contribution in [3.63, 3.8) is 0 Å². The number of ether oxygens (including phenoxy) is 1. The Balaban J connectivity index is 1.84. The summed E-state index contributed by atoms with van der Waals surface area (Å²) in [6.07, 6.45) is 0.214. The summed E-state index contributed by atoms with van der Waals surface area (Å²) >= 11 is 6.31. The number of halogens is 1. The van der Waals surface area contributed by atoms with Gasteiger partial charge in [0.15, 0.2) is 0 Å². The van der Waals surface area contributed by atoms with Crippen molar-refractivity contribution in [3.8, 4) is 5.75 Å². The smallest absolute Gasteiger partial charge is 0.264 e. The molecule has 0 saturated carbocycles. The van der Waals surface area contributed by atoms with Crippen LogP contribution in [0.25, 0.3) is 0 Å². The molecule has 46 heavy (non-hydrogen) atoms.